The highest BCUT2D eigenvalue weighted by Gasteiger charge is 2.65. The van der Waals surface area contributed by atoms with Gasteiger partial charge in [-0.1, -0.05) is 31.4 Å². The number of hydrogen-bond acceptors (Lipinski definition) is 7. The van der Waals surface area contributed by atoms with E-state index in [9.17, 15) is 13.2 Å². The lowest BCUT2D eigenvalue weighted by molar-refractivity contribution is -0.141. The van der Waals surface area contributed by atoms with E-state index in [1.807, 2.05) is 36.5 Å². The smallest absolute Gasteiger partial charge is 0.303 e. The second-order valence-electron chi connectivity index (χ2n) is 15.7. The second-order valence-corrected chi connectivity index (χ2v) is 17.6. The fourth-order valence-corrected chi connectivity index (χ4v) is 10.4. The summed E-state index contributed by atoms with van der Waals surface area (Å²) in [7, 11) is 0.487. The van der Waals surface area contributed by atoms with Gasteiger partial charge in [-0.15, -0.1) is 0 Å². The molecule has 2 aliphatic carbocycles. The molecule has 2 aromatic carbocycles. The van der Waals surface area contributed by atoms with Crippen LogP contribution in [0.1, 0.15) is 84.7 Å². The Bertz CT molecular complexity index is 2180. The van der Waals surface area contributed by atoms with Gasteiger partial charge in [0.2, 0.25) is 5.91 Å². The number of anilines is 1. The molecule has 2 saturated carbocycles. The van der Waals surface area contributed by atoms with Crippen LogP contribution in [-0.4, -0.2) is 85.4 Å². The molecule has 2 aromatic heterocycles. The lowest BCUT2D eigenvalue weighted by atomic mass is 9.81. The molecule has 272 valence electrons. The molecule has 4 atom stereocenters. The first-order chi connectivity index (χ1) is 25.1. The molecule has 3 aliphatic heterocycles. The van der Waals surface area contributed by atoms with Crippen molar-refractivity contribution in [3.63, 3.8) is 0 Å². The Hall–Kier alpha value is -4.42. The van der Waals surface area contributed by atoms with Crippen LogP contribution in [0.5, 0.6) is 5.75 Å². The van der Waals surface area contributed by atoms with E-state index in [2.05, 4.69) is 42.3 Å². The zero-order chi connectivity index (χ0) is 35.9. The lowest BCUT2D eigenvalue weighted by Crippen LogP contribution is -2.58. The van der Waals surface area contributed by atoms with E-state index in [1.165, 1.54) is 26.1 Å². The van der Waals surface area contributed by atoms with Crippen LogP contribution in [0.3, 0.4) is 0 Å². The molecule has 1 N–H and O–H groups in total. The first-order valence-corrected chi connectivity index (χ1v) is 20.1. The maximum absolute atomic E-state index is 15.3. The zero-order valence-corrected chi connectivity index (χ0v) is 30.9. The van der Waals surface area contributed by atoms with Gasteiger partial charge >= 0.3 is 10.2 Å². The highest BCUT2D eigenvalue weighted by molar-refractivity contribution is 7.87. The summed E-state index contributed by atoms with van der Waals surface area (Å²) >= 11 is 0. The molecule has 4 unspecified atom stereocenters. The number of rotatable bonds is 7. The molecule has 9 rings (SSSR count). The van der Waals surface area contributed by atoms with Gasteiger partial charge in [0.15, 0.2) is 0 Å². The van der Waals surface area contributed by atoms with Gasteiger partial charge in [-0.25, -0.2) is 9.71 Å². The number of piperazine rings is 1. The Morgan fingerprint density at radius 1 is 0.962 bits per heavy atom. The number of pyridine rings is 1. The fraction of sp³-hybridized carbons (Fsp3) is 0.475. The molecule has 2 saturated heterocycles. The maximum Gasteiger partial charge on any atom is 0.303 e. The molecule has 4 fully saturated rings. The van der Waals surface area contributed by atoms with E-state index < -0.39 is 21.5 Å². The monoisotopic (exact) mass is 722 g/mol. The molecule has 2 amide bonds. The van der Waals surface area contributed by atoms with Crippen molar-refractivity contribution >= 4 is 38.7 Å². The molecule has 2 bridgehead atoms. The van der Waals surface area contributed by atoms with Crippen molar-refractivity contribution < 1.29 is 22.7 Å². The summed E-state index contributed by atoms with van der Waals surface area (Å²) in [5.74, 6) is 1.65. The minimum absolute atomic E-state index is 0.0317. The maximum atomic E-state index is 15.3. The first kappa shape index (κ1) is 33.4. The Morgan fingerprint density at radius 2 is 1.73 bits per heavy atom. The van der Waals surface area contributed by atoms with Gasteiger partial charge in [0.1, 0.15) is 11.6 Å². The SMILES string of the molecule is COc1ccc2c(c1)C1CC1(C(=O)N1C3CCC1CN(c1ccccn1)C3)Cn1c-2c(C2CCCCC2)c2ccc(C(=O)NS(=O)(=O)N(C)C)cc21. The lowest BCUT2D eigenvalue weighted by Gasteiger charge is -2.43. The molecule has 4 aromatic rings. The summed E-state index contributed by atoms with van der Waals surface area (Å²) in [4.78, 5) is 37.9. The van der Waals surface area contributed by atoms with E-state index in [4.69, 9.17) is 4.74 Å². The van der Waals surface area contributed by atoms with Crippen molar-refractivity contribution in [2.24, 2.45) is 5.41 Å². The Balaban J connectivity index is 1.18. The number of benzene rings is 2. The zero-order valence-electron chi connectivity index (χ0n) is 30.0. The minimum Gasteiger partial charge on any atom is -0.497 e. The van der Waals surface area contributed by atoms with Crippen molar-refractivity contribution in [2.75, 3.05) is 39.2 Å². The van der Waals surface area contributed by atoms with E-state index in [0.29, 0.717) is 12.5 Å². The Kier molecular flexibility index (Phi) is 7.93. The van der Waals surface area contributed by atoms with Crippen molar-refractivity contribution in [3.05, 3.63) is 77.5 Å². The molecule has 11 nitrogen and oxygen atoms in total. The number of carbonyl (C=O) groups is 2. The molecule has 5 heterocycles. The fourth-order valence-electron chi connectivity index (χ4n) is 9.91. The molecule has 0 spiro atoms. The average molecular weight is 723 g/mol. The van der Waals surface area contributed by atoms with Gasteiger partial charge in [0.25, 0.3) is 5.91 Å². The Morgan fingerprint density at radius 3 is 2.42 bits per heavy atom. The van der Waals surface area contributed by atoms with Crippen LogP contribution < -0.4 is 14.4 Å². The number of hydrogen-bond donors (Lipinski definition) is 1. The van der Waals surface area contributed by atoms with Crippen molar-refractivity contribution in [1.82, 2.24) is 23.5 Å². The van der Waals surface area contributed by atoms with Gasteiger partial charge in [0.05, 0.1) is 18.2 Å². The number of methoxy groups -OCH3 is 1. The number of carbonyl (C=O) groups excluding carboxylic acids is 2. The third-order valence-electron chi connectivity index (χ3n) is 12.6. The summed E-state index contributed by atoms with van der Waals surface area (Å²) in [6.07, 6.45) is 10.2. The first-order valence-electron chi connectivity index (χ1n) is 18.7. The van der Waals surface area contributed by atoms with Crippen LogP contribution in [0.25, 0.3) is 22.2 Å². The van der Waals surface area contributed by atoms with Crippen LogP contribution in [0.4, 0.5) is 5.82 Å². The number of aromatic nitrogens is 2. The van der Waals surface area contributed by atoms with Crippen molar-refractivity contribution in [2.45, 2.75) is 81.8 Å². The van der Waals surface area contributed by atoms with Gasteiger partial charge in [-0.05, 0) is 91.6 Å². The standard InChI is InChI=1S/C40H46N6O5S/c1-43(2)52(49,50)42-38(47)26-12-16-31-34(19-26)45-24-40(39(48)46-27-13-14-28(46)23-44(22-27)35-11-7-8-18-41-35)21-33(40)32-20-29(51-3)15-17-30(32)37(45)36(31)25-9-5-4-6-10-25/h7-8,11-12,15-20,25,27-28,33H,4-6,9-10,13-14,21-24H2,1-3H3,(H,42,47). The number of fused-ring (bicyclic) bond motifs is 9. The largest absolute Gasteiger partial charge is 0.497 e. The molecule has 0 radical (unpaired) electrons. The molecule has 5 aliphatic rings. The van der Waals surface area contributed by atoms with Crippen molar-refractivity contribution in [3.8, 4) is 17.0 Å². The topological polar surface area (TPSA) is 117 Å². The van der Waals surface area contributed by atoms with E-state index in [-0.39, 0.29) is 29.5 Å². The summed E-state index contributed by atoms with van der Waals surface area (Å²) in [5, 5.41) is 1.07. The third kappa shape index (κ3) is 5.23. The second kappa shape index (κ2) is 12.3. The van der Waals surface area contributed by atoms with Crippen LogP contribution in [0, 0.1) is 5.41 Å². The summed E-state index contributed by atoms with van der Waals surface area (Å²) < 4.78 is 36.6. The quantitative estimate of drug-likeness (QED) is 0.262. The number of nitrogens with one attached hydrogen (secondary N) is 1. The van der Waals surface area contributed by atoms with Gasteiger partial charge in [-0.3, -0.25) is 9.59 Å². The number of ether oxygens (including phenoxy) is 1. The van der Waals surface area contributed by atoms with Crippen LogP contribution in [-0.2, 0) is 21.5 Å². The predicted molar refractivity (Wildman–Crippen MR) is 200 cm³/mol. The van der Waals surface area contributed by atoms with E-state index in [0.717, 1.165) is 102 Å². The van der Waals surface area contributed by atoms with Gasteiger partial charge in [0, 0.05) is 80.0 Å². The van der Waals surface area contributed by atoms with Gasteiger partial charge in [-0.2, -0.15) is 12.7 Å². The number of amides is 2. The van der Waals surface area contributed by atoms with Crippen LogP contribution >= 0.6 is 0 Å². The van der Waals surface area contributed by atoms with Crippen LogP contribution in [0.15, 0.2) is 60.8 Å². The predicted octanol–water partition coefficient (Wildman–Crippen LogP) is 5.66. The molecular formula is C40H46N6O5S. The highest BCUT2D eigenvalue weighted by Crippen LogP contribution is 2.66. The highest BCUT2D eigenvalue weighted by atomic mass is 32.2. The normalized spacial score (nSPS) is 25.3. The summed E-state index contributed by atoms with van der Waals surface area (Å²) in [6, 6.07) is 18.1. The van der Waals surface area contributed by atoms with E-state index >= 15 is 4.79 Å². The average Bonchev–Trinajstić information content (AvgIpc) is 3.75. The summed E-state index contributed by atoms with van der Waals surface area (Å²) in [5.41, 5.74) is 5.17. The van der Waals surface area contributed by atoms with E-state index in [1.54, 1.807) is 13.2 Å². The number of nitrogens with zero attached hydrogens (tertiary/aromatic N) is 5. The van der Waals surface area contributed by atoms with Crippen molar-refractivity contribution in [1.29, 1.82) is 0 Å². The van der Waals surface area contributed by atoms with Gasteiger partial charge < -0.3 is 19.1 Å². The third-order valence-corrected chi connectivity index (χ3v) is 14.0. The molecule has 12 heteroatoms. The molecular weight excluding hydrogens is 677 g/mol. The minimum atomic E-state index is -3.98. The molecule has 52 heavy (non-hydrogen) atoms. The Labute approximate surface area is 305 Å². The summed E-state index contributed by atoms with van der Waals surface area (Å²) in [6.45, 7) is 2.03. The van der Waals surface area contributed by atoms with Crippen LogP contribution in [0.2, 0.25) is 0 Å².